The molecule has 0 atom stereocenters. The molecule has 0 radical (unpaired) electrons. The first kappa shape index (κ1) is 19.7. The number of pyridine rings is 1. The second kappa shape index (κ2) is 8.31. The van der Waals surface area contributed by atoms with Gasteiger partial charge in [-0.3, -0.25) is 19.6 Å². The zero-order valence-electron chi connectivity index (χ0n) is 14.9. The predicted molar refractivity (Wildman–Crippen MR) is 106 cm³/mol. The van der Waals surface area contributed by atoms with E-state index in [2.05, 4.69) is 25.2 Å². The van der Waals surface area contributed by atoms with Gasteiger partial charge in [0.25, 0.3) is 15.9 Å². The Balaban J connectivity index is 1.68. The van der Waals surface area contributed by atoms with Gasteiger partial charge in [0.2, 0.25) is 0 Å². The molecular weight excluding hydrogens is 400 g/mol. The number of carbonyl (C=O) groups is 1. The molecular formula is C17H18N6O3S2. The first-order valence-corrected chi connectivity index (χ1v) is 10.2. The molecule has 2 aromatic heterocycles. The van der Waals surface area contributed by atoms with E-state index in [-0.39, 0.29) is 17.3 Å². The Morgan fingerprint density at radius 3 is 2.50 bits per heavy atom. The van der Waals surface area contributed by atoms with Gasteiger partial charge < -0.3 is 9.88 Å². The van der Waals surface area contributed by atoms with Crippen molar-refractivity contribution in [1.29, 1.82) is 0 Å². The van der Waals surface area contributed by atoms with Gasteiger partial charge in [0.15, 0.2) is 10.6 Å². The lowest BCUT2D eigenvalue weighted by molar-refractivity contribution is 0.0949. The number of benzene rings is 1. The molecule has 3 rings (SSSR count). The van der Waals surface area contributed by atoms with E-state index in [9.17, 15) is 13.2 Å². The topological polar surface area (TPSA) is 122 Å². The summed E-state index contributed by atoms with van der Waals surface area (Å²) in [7, 11) is -3.76. The van der Waals surface area contributed by atoms with Crippen LogP contribution in [0.4, 0.5) is 5.69 Å². The van der Waals surface area contributed by atoms with Crippen LogP contribution in [0.1, 0.15) is 23.1 Å². The quantitative estimate of drug-likeness (QED) is 0.505. The maximum absolute atomic E-state index is 12.4. The highest BCUT2D eigenvalue weighted by Crippen LogP contribution is 2.16. The van der Waals surface area contributed by atoms with Crippen molar-refractivity contribution in [2.45, 2.75) is 24.9 Å². The fourth-order valence-corrected chi connectivity index (χ4v) is 3.83. The lowest BCUT2D eigenvalue weighted by atomic mass is 10.2. The highest BCUT2D eigenvalue weighted by atomic mass is 32.2. The highest BCUT2D eigenvalue weighted by molar-refractivity contribution is 7.92. The zero-order chi connectivity index (χ0) is 20.1. The summed E-state index contributed by atoms with van der Waals surface area (Å²) in [4.78, 5) is 16.2. The van der Waals surface area contributed by atoms with Gasteiger partial charge >= 0.3 is 0 Å². The SMILES string of the molecule is CCn1c(CNC(=O)c2ccc(S(=O)(=O)Nc3ccncc3)cc2)n[nH]c1=S. The Labute approximate surface area is 166 Å². The molecule has 146 valence electrons. The van der Waals surface area contributed by atoms with E-state index >= 15 is 0 Å². The standard InChI is InChI=1S/C17H18N6O3S2/c1-2-23-15(20-21-17(23)27)11-19-16(24)12-3-5-14(6-4-12)28(25,26)22-13-7-9-18-10-8-13/h3-10H,2,11H2,1H3,(H,18,22)(H,19,24)(H,21,27). The third-order valence-electron chi connectivity index (χ3n) is 3.92. The fraction of sp³-hybridized carbons (Fsp3) is 0.176. The van der Waals surface area contributed by atoms with Gasteiger partial charge in [0, 0.05) is 24.5 Å². The van der Waals surface area contributed by atoms with Crippen molar-refractivity contribution in [2.24, 2.45) is 0 Å². The maximum Gasteiger partial charge on any atom is 0.261 e. The van der Waals surface area contributed by atoms with Gasteiger partial charge in [-0.2, -0.15) is 5.10 Å². The van der Waals surface area contributed by atoms with Gasteiger partial charge in [-0.05, 0) is 55.5 Å². The number of aromatic amines is 1. The number of carbonyl (C=O) groups excluding carboxylic acids is 1. The first-order valence-electron chi connectivity index (χ1n) is 8.36. The Kier molecular flexibility index (Phi) is 5.85. The monoisotopic (exact) mass is 418 g/mol. The van der Waals surface area contributed by atoms with Gasteiger partial charge in [-0.25, -0.2) is 8.42 Å². The first-order chi connectivity index (χ1) is 13.4. The summed E-state index contributed by atoms with van der Waals surface area (Å²) in [6, 6.07) is 8.75. The normalized spacial score (nSPS) is 11.2. The number of nitrogens with one attached hydrogen (secondary N) is 3. The van der Waals surface area contributed by atoms with Crippen LogP contribution >= 0.6 is 12.2 Å². The highest BCUT2D eigenvalue weighted by Gasteiger charge is 2.15. The molecule has 0 aliphatic rings. The van der Waals surface area contributed by atoms with E-state index < -0.39 is 10.0 Å². The lowest BCUT2D eigenvalue weighted by Gasteiger charge is -2.09. The van der Waals surface area contributed by atoms with E-state index in [0.29, 0.717) is 28.4 Å². The van der Waals surface area contributed by atoms with Crippen LogP contribution in [0, 0.1) is 4.77 Å². The van der Waals surface area contributed by atoms with E-state index in [1.807, 2.05) is 6.92 Å². The van der Waals surface area contributed by atoms with Crippen molar-refractivity contribution < 1.29 is 13.2 Å². The Hall–Kier alpha value is -3.05. The molecule has 3 aromatic rings. The second-order valence-corrected chi connectivity index (χ2v) is 7.81. The summed E-state index contributed by atoms with van der Waals surface area (Å²) in [5.74, 6) is 0.268. The molecule has 0 aliphatic carbocycles. The lowest BCUT2D eigenvalue weighted by Crippen LogP contribution is -2.24. The maximum atomic E-state index is 12.4. The van der Waals surface area contributed by atoms with Gasteiger partial charge in [0.05, 0.1) is 17.1 Å². The predicted octanol–water partition coefficient (Wildman–Crippen LogP) is 2.09. The molecule has 9 nitrogen and oxygen atoms in total. The molecule has 0 saturated heterocycles. The minimum atomic E-state index is -3.76. The number of anilines is 1. The summed E-state index contributed by atoms with van der Waals surface area (Å²) in [6.07, 6.45) is 2.98. The number of rotatable bonds is 7. The summed E-state index contributed by atoms with van der Waals surface area (Å²) in [5, 5.41) is 9.50. The molecule has 1 amide bonds. The van der Waals surface area contributed by atoms with Crippen molar-refractivity contribution >= 4 is 33.8 Å². The number of H-pyrrole nitrogens is 1. The second-order valence-electron chi connectivity index (χ2n) is 5.74. The van der Waals surface area contributed by atoms with E-state index in [1.54, 1.807) is 16.7 Å². The number of hydrogen-bond donors (Lipinski definition) is 3. The fourth-order valence-electron chi connectivity index (χ4n) is 2.49. The molecule has 0 unspecified atom stereocenters. The van der Waals surface area contributed by atoms with Crippen molar-refractivity contribution in [3.05, 3.63) is 65.0 Å². The molecule has 0 fully saturated rings. The molecule has 1 aromatic carbocycles. The van der Waals surface area contributed by atoms with E-state index in [4.69, 9.17) is 12.2 Å². The van der Waals surface area contributed by atoms with Crippen LogP contribution in [0.3, 0.4) is 0 Å². The van der Waals surface area contributed by atoms with Crippen LogP contribution in [0.15, 0.2) is 53.7 Å². The molecule has 2 heterocycles. The van der Waals surface area contributed by atoms with Crippen molar-refractivity contribution in [3.63, 3.8) is 0 Å². The third-order valence-corrected chi connectivity index (χ3v) is 5.63. The van der Waals surface area contributed by atoms with Crippen LogP contribution in [-0.2, 0) is 23.1 Å². The number of sulfonamides is 1. The van der Waals surface area contributed by atoms with E-state index in [0.717, 1.165) is 0 Å². The number of aromatic nitrogens is 4. The van der Waals surface area contributed by atoms with Crippen LogP contribution in [-0.4, -0.2) is 34.1 Å². The molecule has 0 saturated carbocycles. The van der Waals surface area contributed by atoms with Gasteiger partial charge in [-0.15, -0.1) is 0 Å². The van der Waals surface area contributed by atoms with Crippen LogP contribution in [0.25, 0.3) is 0 Å². The molecule has 28 heavy (non-hydrogen) atoms. The molecule has 3 N–H and O–H groups in total. The molecule has 0 spiro atoms. The number of amides is 1. The van der Waals surface area contributed by atoms with Gasteiger partial charge in [-0.1, -0.05) is 0 Å². The number of hydrogen-bond acceptors (Lipinski definition) is 6. The smallest absolute Gasteiger partial charge is 0.261 e. The van der Waals surface area contributed by atoms with E-state index in [1.165, 1.54) is 36.7 Å². The summed E-state index contributed by atoms with van der Waals surface area (Å²) in [6.45, 7) is 2.76. The van der Waals surface area contributed by atoms with Gasteiger partial charge in [0.1, 0.15) is 0 Å². The van der Waals surface area contributed by atoms with Crippen LogP contribution in [0.2, 0.25) is 0 Å². The number of nitrogens with zero attached hydrogens (tertiary/aromatic N) is 3. The minimum Gasteiger partial charge on any atom is -0.345 e. The molecule has 0 aliphatic heterocycles. The average Bonchev–Trinajstić information content (AvgIpc) is 3.06. The van der Waals surface area contributed by atoms with Crippen LogP contribution in [0.5, 0.6) is 0 Å². The van der Waals surface area contributed by atoms with Crippen LogP contribution < -0.4 is 10.0 Å². The van der Waals surface area contributed by atoms with Crippen molar-refractivity contribution in [2.75, 3.05) is 4.72 Å². The largest absolute Gasteiger partial charge is 0.345 e. The minimum absolute atomic E-state index is 0.0488. The Morgan fingerprint density at radius 2 is 1.86 bits per heavy atom. The molecule has 0 bridgehead atoms. The zero-order valence-corrected chi connectivity index (χ0v) is 16.5. The third kappa shape index (κ3) is 4.43. The molecule has 11 heteroatoms. The van der Waals surface area contributed by atoms with Crippen molar-refractivity contribution in [3.8, 4) is 0 Å². The summed E-state index contributed by atoms with van der Waals surface area (Å²) in [5.41, 5.74) is 0.737. The average molecular weight is 419 g/mol. The van der Waals surface area contributed by atoms with Crippen molar-refractivity contribution in [1.82, 2.24) is 25.1 Å². The Morgan fingerprint density at radius 1 is 1.18 bits per heavy atom. The Bertz CT molecular complexity index is 1120. The summed E-state index contributed by atoms with van der Waals surface area (Å²) >= 11 is 5.11. The summed E-state index contributed by atoms with van der Waals surface area (Å²) < 4.78 is 29.5.